The summed E-state index contributed by atoms with van der Waals surface area (Å²) in [6, 6.07) is 12.2. The molecule has 33 heavy (non-hydrogen) atoms. The molecule has 8 nitrogen and oxygen atoms in total. The van der Waals surface area contributed by atoms with E-state index in [0.29, 0.717) is 29.2 Å². The first-order valence-corrected chi connectivity index (χ1v) is 11.1. The molecule has 1 aliphatic heterocycles. The van der Waals surface area contributed by atoms with Crippen molar-refractivity contribution in [1.82, 2.24) is 10.2 Å². The van der Waals surface area contributed by atoms with E-state index in [4.69, 9.17) is 11.6 Å². The first-order chi connectivity index (χ1) is 15.7. The monoisotopic (exact) mass is 470 g/mol. The predicted molar refractivity (Wildman–Crippen MR) is 127 cm³/mol. The first kappa shape index (κ1) is 24.3. The lowest BCUT2D eigenvalue weighted by Crippen LogP contribution is -2.48. The SMILES string of the molecule is CN(C)C(=O)[C@H](CC(=O)Nc1ccc(Cl)cc1)NC(=O)c1ccc(N2CCCCC2=O)cc1. The molecule has 174 valence electrons. The van der Waals surface area contributed by atoms with Gasteiger partial charge in [0.15, 0.2) is 0 Å². The van der Waals surface area contributed by atoms with Crippen LogP contribution in [0.15, 0.2) is 48.5 Å². The van der Waals surface area contributed by atoms with Crippen LogP contribution in [-0.4, -0.2) is 55.2 Å². The van der Waals surface area contributed by atoms with E-state index in [2.05, 4.69) is 10.6 Å². The molecule has 1 atom stereocenters. The van der Waals surface area contributed by atoms with Gasteiger partial charge in [-0.3, -0.25) is 19.2 Å². The van der Waals surface area contributed by atoms with Crippen LogP contribution in [0.3, 0.4) is 0 Å². The lowest BCUT2D eigenvalue weighted by molar-refractivity contribution is -0.132. The van der Waals surface area contributed by atoms with Crippen LogP contribution in [0.5, 0.6) is 0 Å². The van der Waals surface area contributed by atoms with E-state index in [0.717, 1.165) is 18.5 Å². The number of carbonyl (C=O) groups excluding carboxylic acids is 4. The number of likely N-dealkylation sites (N-methyl/N-ethyl adjacent to an activating group) is 1. The quantitative estimate of drug-likeness (QED) is 0.649. The van der Waals surface area contributed by atoms with Gasteiger partial charge in [0.05, 0.1) is 6.42 Å². The molecule has 2 aromatic rings. The standard InChI is InChI=1S/C24H27ClN4O4/c1-28(2)24(33)20(15-21(30)26-18-10-8-17(25)9-11-18)27-23(32)16-6-12-19(13-7-16)29-14-4-3-5-22(29)31/h6-13,20H,3-5,14-15H2,1-2H3,(H,26,30)(H,27,32)/t20-/m0/s1. The minimum absolute atomic E-state index is 0.0711. The van der Waals surface area contributed by atoms with E-state index in [1.54, 1.807) is 67.5 Å². The Bertz CT molecular complexity index is 1020. The molecule has 2 N–H and O–H groups in total. The maximum atomic E-state index is 12.8. The number of rotatable bonds is 7. The Morgan fingerprint density at radius 3 is 2.30 bits per heavy atom. The minimum atomic E-state index is -1.04. The van der Waals surface area contributed by atoms with Gasteiger partial charge in [-0.2, -0.15) is 0 Å². The second kappa shape index (κ2) is 11.0. The van der Waals surface area contributed by atoms with Gasteiger partial charge in [0.1, 0.15) is 6.04 Å². The Kier molecular flexibility index (Phi) is 8.06. The zero-order valence-electron chi connectivity index (χ0n) is 18.6. The summed E-state index contributed by atoms with van der Waals surface area (Å²) < 4.78 is 0. The second-order valence-corrected chi connectivity index (χ2v) is 8.50. The number of anilines is 2. The average Bonchev–Trinajstić information content (AvgIpc) is 2.80. The van der Waals surface area contributed by atoms with Gasteiger partial charge in [-0.15, -0.1) is 0 Å². The van der Waals surface area contributed by atoms with Gasteiger partial charge < -0.3 is 20.4 Å². The summed E-state index contributed by atoms with van der Waals surface area (Å²) in [5, 5.41) is 5.89. The third-order valence-electron chi connectivity index (χ3n) is 5.33. The van der Waals surface area contributed by atoms with Crippen molar-refractivity contribution in [2.24, 2.45) is 0 Å². The largest absolute Gasteiger partial charge is 0.347 e. The third kappa shape index (κ3) is 6.55. The summed E-state index contributed by atoms with van der Waals surface area (Å²) in [4.78, 5) is 53.1. The van der Waals surface area contributed by atoms with Gasteiger partial charge in [0, 0.05) is 49.0 Å². The Morgan fingerprint density at radius 1 is 1.03 bits per heavy atom. The van der Waals surface area contributed by atoms with E-state index in [-0.39, 0.29) is 12.3 Å². The fourth-order valence-corrected chi connectivity index (χ4v) is 3.68. The van der Waals surface area contributed by atoms with Crippen molar-refractivity contribution in [3.05, 3.63) is 59.1 Å². The fourth-order valence-electron chi connectivity index (χ4n) is 3.56. The highest BCUT2D eigenvalue weighted by atomic mass is 35.5. The number of nitrogens with zero attached hydrogens (tertiary/aromatic N) is 2. The highest BCUT2D eigenvalue weighted by Crippen LogP contribution is 2.21. The molecule has 0 spiro atoms. The van der Waals surface area contributed by atoms with Crippen LogP contribution < -0.4 is 15.5 Å². The molecule has 2 aromatic carbocycles. The maximum Gasteiger partial charge on any atom is 0.251 e. The lowest BCUT2D eigenvalue weighted by Gasteiger charge is -2.27. The summed E-state index contributed by atoms with van der Waals surface area (Å²) in [5.74, 6) is -1.23. The molecule has 0 unspecified atom stereocenters. The molecule has 0 aromatic heterocycles. The predicted octanol–water partition coefficient (Wildman–Crippen LogP) is 3.07. The number of amides is 4. The highest BCUT2D eigenvalue weighted by Gasteiger charge is 2.26. The van der Waals surface area contributed by atoms with E-state index < -0.39 is 23.8 Å². The van der Waals surface area contributed by atoms with Crippen LogP contribution in [0, 0.1) is 0 Å². The van der Waals surface area contributed by atoms with Crippen molar-refractivity contribution >= 4 is 46.6 Å². The first-order valence-electron chi connectivity index (χ1n) is 10.7. The van der Waals surface area contributed by atoms with Gasteiger partial charge in [0.25, 0.3) is 5.91 Å². The third-order valence-corrected chi connectivity index (χ3v) is 5.58. The summed E-state index contributed by atoms with van der Waals surface area (Å²) in [7, 11) is 3.12. The molecule has 1 aliphatic rings. The zero-order valence-corrected chi connectivity index (χ0v) is 19.4. The van der Waals surface area contributed by atoms with Crippen molar-refractivity contribution in [2.45, 2.75) is 31.7 Å². The Hall–Kier alpha value is -3.39. The molecule has 1 heterocycles. The lowest BCUT2D eigenvalue weighted by atomic mass is 10.1. The van der Waals surface area contributed by atoms with Crippen molar-refractivity contribution < 1.29 is 19.2 Å². The summed E-state index contributed by atoms with van der Waals surface area (Å²) in [5.41, 5.74) is 1.60. The molecule has 0 bridgehead atoms. The Labute approximate surface area is 197 Å². The molecule has 0 radical (unpaired) electrons. The van der Waals surface area contributed by atoms with Crippen molar-refractivity contribution in [2.75, 3.05) is 30.9 Å². The minimum Gasteiger partial charge on any atom is -0.347 e. The van der Waals surface area contributed by atoms with Gasteiger partial charge in [0.2, 0.25) is 17.7 Å². The molecule has 9 heteroatoms. The summed E-state index contributed by atoms with van der Waals surface area (Å²) in [6.07, 6.45) is 2.13. The van der Waals surface area contributed by atoms with E-state index in [9.17, 15) is 19.2 Å². The van der Waals surface area contributed by atoms with Crippen LogP contribution in [0.2, 0.25) is 5.02 Å². The van der Waals surface area contributed by atoms with E-state index >= 15 is 0 Å². The molecule has 0 aliphatic carbocycles. The van der Waals surface area contributed by atoms with Crippen molar-refractivity contribution in [3.8, 4) is 0 Å². The zero-order chi connectivity index (χ0) is 24.0. The fraction of sp³-hybridized carbons (Fsp3) is 0.333. The van der Waals surface area contributed by atoms with Crippen molar-refractivity contribution in [1.29, 1.82) is 0 Å². The topological polar surface area (TPSA) is 98.8 Å². The number of nitrogens with one attached hydrogen (secondary N) is 2. The summed E-state index contributed by atoms with van der Waals surface area (Å²) >= 11 is 5.86. The number of benzene rings is 2. The van der Waals surface area contributed by atoms with Crippen LogP contribution in [0.25, 0.3) is 0 Å². The summed E-state index contributed by atoms with van der Waals surface area (Å²) in [6.45, 7) is 0.659. The maximum absolute atomic E-state index is 12.8. The average molecular weight is 471 g/mol. The molecule has 3 rings (SSSR count). The molecular weight excluding hydrogens is 444 g/mol. The van der Waals surface area contributed by atoms with Crippen LogP contribution in [0.4, 0.5) is 11.4 Å². The van der Waals surface area contributed by atoms with Gasteiger partial charge in [-0.25, -0.2) is 0 Å². The van der Waals surface area contributed by atoms with Crippen LogP contribution in [0.1, 0.15) is 36.0 Å². The molecule has 1 fully saturated rings. The number of carbonyl (C=O) groups is 4. The normalized spacial score (nSPS) is 14.4. The van der Waals surface area contributed by atoms with Crippen molar-refractivity contribution in [3.63, 3.8) is 0 Å². The van der Waals surface area contributed by atoms with E-state index in [1.807, 2.05) is 0 Å². The van der Waals surface area contributed by atoms with Crippen LogP contribution in [-0.2, 0) is 14.4 Å². The van der Waals surface area contributed by atoms with Gasteiger partial charge in [-0.1, -0.05) is 11.6 Å². The second-order valence-electron chi connectivity index (χ2n) is 8.07. The number of hydrogen-bond acceptors (Lipinski definition) is 4. The molecule has 0 saturated carbocycles. The Balaban J connectivity index is 1.67. The molecule has 1 saturated heterocycles. The number of piperidine rings is 1. The number of hydrogen-bond donors (Lipinski definition) is 2. The number of halogens is 1. The van der Waals surface area contributed by atoms with E-state index in [1.165, 1.54) is 4.90 Å². The van der Waals surface area contributed by atoms with Gasteiger partial charge in [-0.05, 0) is 61.4 Å². The Morgan fingerprint density at radius 2 is 1.70 bits per heavy atom. The van der Waals surface area contributed by atoms with Crippen LogP contribution >= 0.6 is 11.6 Å². The van der Waals surface area contributed by atoms with Gasteiger partial charge >= 0.3 is 0 Å². The smallest absolute Gasteiger partial charge is 0.251 e. The molecule has 4 amide bonds. The highest BCUT2D eigenvalue weighted by molar-refractivity contribution is 6.30. The molecular formula is C24H27ClN4O4.